The molecule has 0 spiro atoms. The average molecular weight is 756 g/mol. The Morgan fingerprint density at radius 3 is 1.58 bits per heavy atom. The molecular formula is C34H53N5O14. The Morgan fingerprint density at radius 2 is 1.08 bits per heavy atom. The lowest BCUT2D eigenvalue weighted by Gasteiger charge is -2.19. The van der Waals surface area contributed by atoms with Gasteiger partial charge < -0.3 is 47.0 Å². The molecule has 0 saturated carbocycles. The molecule has 0 heterocycles. The van der Waals surface area contributed by atoms with Gasteiger partial charge in [-0.1, -0.05) is 19.9 Å². The number of carboxylic acids is 3. The third-order valence-electron chi connectivity index (χ3n) is 8.15. The number of hydrogen-bond acceptors (Lipinski definition) is 11. The zero-order chi connectivity index (χ0) is 40.7. The van der Waals surface area contributed by atoms with Crippen LogP contribution < -0.4 is 26.6 Å². The Morgan fingerprint density at radius 1 is 0.566 bits per heavy atom. The van der Waals surface area contributed by atoms with E-state index in [0.717, 1.165) is 13.3 Å². The number of aliphatic carboxylic acids is 3. The van der Waals surface area contributed by atoms with Crippen LogP contribution in [0.1, 0.15) is 97.8 Å². The van der Waals surface area contributed by atoms with Crippen LogP contribution in [0.15, 0.2) is 12.3 Å². The van der Waals surface area contributed by atoms with Gasteiger partial charge in [0.25, 0.3) is 0 Å². The highest BCUT2D eigenvalue weighted by molar-refractivity contribution is 5.88. The fraction of sp³-hybridized carbons (Fsp3) is 0.647. The Bertz CT molecular complexity index is 1350. The van der Waals surface area contributed by atoms with E-state index < -0.39 is 102 Å². The van der Waals surface area contributed by atoms with Crippen LogP contribution in [0.4, 0.5) is 0 Å². The molecular weight excluding hydrogens is 702 g/mol. The predicted octanol–water partition coefficient (Wildman–Crippen LogP) is 0.110. The molecule has 53 heavy (non-hydrogen) atoms. The number of amides is 5. The smallest absolute Gasteiger partial charge is 0.326 e. The van der Waals surface area contributed by atoms with Crippen LogP contribution >= 0.6 is 0 Å². The minimum Gasteiger partial charge on any atom is -0.511 e. The number of Topliss-reactive ketones (excluding diaryl/α,β-unsaturated/α-hetero) is 2. The molecule has 0 aliphatic heterocycles. The molecule has 298 valence electrons. The summed E-state index contributed by atoms with van der Waals surface area (Å²) in [4.78, 5) is 119. The number of carbonyl (C=O) groups excluding carboxylic acids is 7. The molecule has 9 N–H and O–H groups in total. The Hall–Kier alpha value is -5.36. The summed E-state index contributed by atoms with van der Waals surface area (Å²) in [6.07, 6.45) is -0.999. The molecule has 0 rings (SSSR count). The van der Waals surface area contributed by atoms with Gasteiger partial charge in [0.1, 0.15) is 29.4 Å². The summed E-state index contributed by atoms with van der Waals surface area (Å²) in [6, 6.07) is -4.02. The Kier molecular flexibility index (Phi) is 23.0. The summed E-state index contributed by atoms with van der Waals surface area (Å²) in [7, 11) is 0. The van der Waals surface area contributed by atoms with Crippen LogP contribution in [-0.4, -0.2) is 111 Å². The standard InChI is InChI=1S/C34H53N5O14/c1-19(20(2)40)7-5-6-16-35-31(47)18-36-28(44)13-8-23(32(48)49)17-24(43)9-10-27(34(52)53)39-30(46)14-11-25(21(3)41)38-29(45)15-12-26(33(50)51)37-22(4)42/h19,23,25-27,41H,3,5-18H2,1-2,4H3,(H,35,47)(H,36,44)(H,37,42)(H,38,45)(H,39,46)(H,48,49)(H,50,51)(H,52,53)/t19-,23+,25-,26-,27-/m0/s1. The number of aliphatic hydroxyl groups is 1. The number of carbonyl (C=O) groups is 10. The molecule has 19 heteroatoms. The third kappa shape index (κ3) is 22.9. The zero-order valence-electron chi connectivity index (χ0n) is 30.4. The number of nitrogens with one attached hydrogen (secondary N) is 5. The molecule has 0 aliphatic carbocycles. The minimum atomic E-state index is -1.54. The lowest BCUT2D eigenvalue weighted by molar-refractivity contribution is -0.145. The van der Waals surface area contributed by atoms with Gasteiger partial charge in [0, 0.05) is 51.5 Å². The summed E-state index contributed by atoms with van der Waals surface area (Å²) in [5.74, 6) is -9.77. The van der Waals surface area contributed by atoms with Crippen molar-refractivity contribution in [1.29, 1.82) is 0 Å². The third-order valence-corrected chi connectivity index (χ3v) is 8.15. The largest absolute Gasteiger partial charge is 0.511 e. The van der Waals surface area contributed by atoms with Crippen molar-refractivity contribution in [1.82, 2.24) is 26.6 Å². The summed E-state index contributed by atoms with van der Waals surface area (Å²) in [6.45, 7) is 7.81. The molecule has 0 aromatic heterocycles. The van der Waals surface area contributed by atoms with Crippen molar-refractivity contribution in [2.24, 2.45) is 11.8 Å². The molecule has 0 bridgehead atoms. The van der Waals surface area contributed by atoms with Gasteiger partial charge in [0.05, 0.1) is 18.5 Å². The minimum absolute atomic E-state index is 0.0552. The number of carboxylic acid groups (broad SMARTS) is 3. The molecule has 0 fully saturated rings. The van der Waals surface area contributed by atoms with Crippen molar-refractivity contribution >= 4 is 59.0 Å². The second-order valence-electron chi connectivity index (χ2n) is 12.7. The highest BCUT2D eigenvalue weighted by Crippen LogP contribution is 2.15. The zero-order valence-corrected chi connectivity index (χ0v) is 30.4. The lowest BCUT2D eigenvalue weighted by Crippen LogP contribution is -2.43. The van der Waals surface area contributed by atoms with Gasteiger partial charge >= 0.3 is 17.9 Å². The second-order valence-corrected chi connectivity index (χ2v) is 12.7. The molecule has 5 atom stereocenters. The highest BCUT2D eigenvalue weighted by atomic mass is 16.4. The van der Waals surface area contributed by atoms with E-state index in [1.807, 2.05) is 6.92 Å². The van der Waals surface area contributed by atoms with Crippen LogP contribution in [-0.2, 0) is 47.9 Å². The van der Waals surface area contributed by atoms with Crippen molar-refractivity contribution in [2.75, 3.05) is 13.1 Å². The average Bonchev–Trinajstić information content (AvgIpc) is 3.06. The monoisotopic (exact) mass is 755 g/mol. The molecule has 5 amide bonds. The van der Waals surface area contributed by atoms with Crippen LogP contribution in [0, 0.1) is 11.8 Å². The van der Waals surface area contributed by atoms with Crippen LogP contribution in [0.3, 0.4) is 0 Å². The first-order chi connectivity index (χ1) is 24.7. The molecule has 0 unspecified atom stereocenters. The molecule has 0 aliphatic rings. The first-order valence-corrected chi connectivity index (χ1v) is 17.2. The summed E-state index contributed by atoms with van der Waals surface area (Å²) < 4.78 is 0. The van der Waals surface area contributed by atoms with E-state index in [0.29, 0.717) is 19.4 Å². The van der Waals surface area contributed by atoms with E-state index in [1.165, 1.54) is 6.92 Å². The van der Waals surface area contributed by atoms with E-state index >= 15 is 0 Å². The predicted molar refractivity (Wildman–Crippen MR) is 186 cm³/mol. The van der Waals surface area contributed by atoms with Gasteiger partial charge in [-0.2, -0.15) is 0 Å². The molecule has 19 nitrogen and oxygen atoms in total. The van der Waals surface area contributed by atoms with E-state index in [9.17, 15) is 63.3 Å². The fourth-order valence-electron chi connectivity index (χ4n) is 4.80. The van der Waals surface area contributed by atoms with Crippen LogP contribution in [0.5, 0.6) is 0 Å². The molecule has 0 aromatic rings. The van der Waals surface area contributed by atoms with Gasteiger partial charge in [-0.05, 0) is 45.4 Å². The first-order valence-electron chi connectivity index (χ1n) is 17.2. The number of unbranched alkanes of at least 4 members (excludes halogenated alkanes) is 1. The summed E-state index contributed by atoms with van der Waals surface area (Å²) in [5.41, 5.74) is 0. The van der Waals surface area contributed by atoms with E-state index in [2.05, 4.69) is 33.2 Å². The summed E-state index contributed by atoms with van der Waals surface area (Å²) in [5, 5.41) is 49.9. The number of aliphatic hydroxyl groups excluding tert-OH is 1. The van der Waals surface area contributed by atoms with Crippen molar-refractivity contribution < 1.29 is 68.4 Å². The lowest BCUT2D eigenvalue weighted by atomic mass is 9.94. The fourth-order valence-corrected chi connectivity index (χ4v) is 4.80. The number of ketones is 2. The normalized spacial score (nSPS) is 13.5. The Labute approximate surface area is 307 Å². The van der Waals surface area contributed by atoms with Crippen molar-refractivity contribution in [3.05, 3.63) is 12.3 Å². The Balaban J connectivity index is 4.75. The number of hydrogen-bond donors (Lipinski definition) is 9. The quantitative estimate of drug-likeness (QED) is 0.0362. The van der Waals surface area contributed by atoms with Gasteiger partial charge in [-0.15, -0.1) is 0 Å². The SMILES string of the molecule is C=C(O)[C@H](CCC(=O)N[C@@H](CCC(=O)C[C@@H](CCC(=O)NCC(=O)NCCCC[C@H](C)C(C)=O)C(=O)O)C(=O)O)NC(=O)CC[C@H](NC(C)=O)C(=O)O. The van der Waals surface area contributed by atoms with Gasteiger partial charge in [0.15, 0.2) is 0 Å². The van der Waals surface area contributed by atoms with Crippen LogP contribution in [0.25, 0.3) is 0 Å². The number of rotatable bonds is 29. The first kappa shape index (κ1) is 47.6. The highest BCUT2D eigenvalue weighted by Gasteiger charge is 2.26. The maximum atomic E-state index is 12.6. The van der Waals surface area contributed by atoms with Gasteiger partial charge in [-0.25, -0.2) is 9.59 Å². The van der Waals surface area contributed by atoms with Crippen LogP contribution in [0.2, 0.25) is 0 Å². The van der Waals surface area contributed by atoms with Crippen molar-refractivity contribution in [3.8, 4) is 0 Å². The maximum absolute atomic E-state index is 12.6. The topological polar surface area (TPSA) is 312 Å². The van der Waals surface area contributed by atoms with Gasteiger partial charge in [-0.3, -0.25) is 38.4 Å². The van der Waals surface area contributed by atoms with E-state index in [-0.39, 0.29) is 56.8 Å². The van der Waals surface area contributed by atoms with E-state index in [1.54, 1.807) is 0 Å². The second kappa shape index (κ2) is 25.6. The van der Waals surface area contributed by atoms with Crippen molar-refractivity contribution in [2.45, 2.75) is 116 Å². The molecule has 0 saturated heterocycles. The molecule has 0 aromatic carbocycles. The van der Waals surface area contributed by atoms with Crippen molar-refractivity contribution in [3.63, 3.8) is 0 Å². The van der Waals surface area contributed by atoms with E-state index in [4.69, 9.17) is 5.11 Å². The van der Waals surface area contributed by atoms with Gasteiger partial charge in [0.2, 0.25) is 29.5 Å². The summed E-state index contributed by atoms with van der Waals surface area (Å²) >= 11 is 0. The molecule has 0 radical (unpaired) electrons. The maximum Gasteiger partial charge on any atom is 0.326 e.